The average molecular weight is 278 g/mol. The molecule has 4 heteroatoms. The molecule has 2 rings (SSSR count). The van der Waals surface area contributed by atoms with Crippen molar-refractivity contribution in [3.05, 3.63) is 24.0 Å². The summed E-state index contributed by atoms with van der Waals surface area (Å²) in [5.74, 6) is 0.873. The lowest BCUT2D eigenvalue weighted by atomic mass is 9.92. The Kier molecular flexibility index (Phi) is 5.00. The van der Waals surface area contributed by atoms with Crippen LogP contribution >= 0.6 is 0 Å². The van der Waals surface area contributed by atoms with E-state index in [2.05, 4.69) is 30.7 Å². The molecule has 20 heavy (non-hydrogen) atoms. The summed E-state index contributed by atoms with van der Waals surface area (Å²) in [5.41, 5.74) is 1.05. The summed E-state index contributed by atoms with van der Waals surface area (Å²) in [5, 5.41) is 0. The first-order valence-electron chi connectivity index (χ1n) is 7.41. The van der Waals surface area contributed by atoms with E-state index in [1.807, 2.05) is 18.3 Å². The van der Waals surface area contributed by atoms with Crippen LogP contribution in [-0.2, 0) is 11.3 Å². The number of aromatic nitrogens is 1. The summed E-state index contributed by atoms with van der Waals surface area (Å²) in [7, 11) is 1.69. The number of rotatable bonds is 5. The van der Waals surface area contributed by atoms with Crippen molar-refractivity contribution in [1.29, 1.82) is 0 Å². The molecular formula is C16H26N2O2. The van der Waals surface area contributed by atoms with Crippen molar-refractivity contribution in [1.82, 2.24) is 9.88 Å². The Balaban J connectivity index is 2.04. The minimum atomic E-state index is -0.0157. The first kappa shape index (κ1) is 15.3. The average Bonchev–Trinajstić information content (AvgIpc) is 2.44. The Bertz CT molecular complexity index is 434. The number of hydrogen-bond donors (Lipinski definition) is 0. The topological polar surface area (TPSA) is 34.6 Å². The van der Waals surface area contributed by atoms with Crippen molar-refractivity contribution < 1.29 is 9.47 Å². The molecule has 1 saturated heterocycles. The van der Waals surface area contributed by atoms with Crippen LogP contribution in [0.15, 0.2) is 18.3 Å². The summed E-state index contributed by atoms with van der Waals surface area (Å²) >= 11 is 0. The fourth-order valence-electron chi connectivity index (χ4n) is 2.89. The second-order valence-electron chi connectivity index (χ2n) is 6.00. The van der Waals surface area contributed by atoms with E-state index in [4.69, 9.17) is 9.47 Å². The molecule has 0 aliphatic carbocycles. The molecule has 0 aromatic carbocycles. The van der Waals surface area contributed by atoms with Crippen molar-refractivity contribution in [2.24, 2.45) is 0 Å². The van der Waals surface area contributed by atoms with Gasteiger partial charge in [0.05, 0.1) is 18.4 Å². The molecular weight excluding hydrogens is 252 g/mol. The number of nitrogens with zero attached hydrogens (tertiary/aromatic N) is 2. The van der Waals surface area contributed by atoms with Gasteiger partial charge in [0, 0.05) is 31.5 Å². The standard InChI is InChI=1S/C16H26N2O2/c1-5-18(14-7-9-20-16(2,3)11-14)12-13-10-15(19-4)6-8-17-13/h6,8,10,14H,5,7,9,11-12H2,1-4H3. The third-order valence-corrected chi connectivity index (χ3v) is 3.98. The zero-order chi connectivity index (χ0) is 14.6. The highest BCUT2D eigenvalue weighted by molar-refractivity contribution is 5.22. The van der Waals surface area contributed by atoms with Gasteiger partial charge in [-0.3, -0.25) is 9.88 Å². The number of ether oxygens (including phenoxy) is 2. The molecule has 1 unspecified atom stereocenters. The van der Waals surface area contributed by atoms with E-state index in [0.717, 1.165) is 44.0 Å². The zero-order valence-corrected chi connectivity index (χ0v) is 13.1. The number of hydrogen-bond acceptors (Lipinski definition) is 4. The molecule has 1 aromatic heterocycles. The van der Waals surface area contributed by atoms with Crippen molar-refractivity contribution in [2.45, 2.75) is 51.8 Å². The van der Waals surface area contributed by atoms with Gasteiger partial charge in [-0.2, -0.15) is 0 Å². The van der Waals surface area contributed by atoms with Crippen molar-refractivity contribution in [3.8, 4) is 5.75 Å². The minimum Gasteiger partial charge on any atom is -0.497 e. The van der Waals surface area contributed by atoms with Gasteiger partial charge in [-0.25, -0.2) is 0 Å². The van der Waals surface area contributed by atoms with Gasteiger partial charge in [0.1, 0.15) is 5.75 Å². The van der Waals surface area contributed by atoms with Gasteiger partial charge in [0.15, 0.2) is 0 Å². The molecule has 0 radical (unpaired) electrons. The fourth-order valence-corrected chi connectivity index (χ4v) is 2.89. The van der Waals surface area contributed by atoms with Crippen molar-refractivity contribution in [3.63, 3.8) is 0 Å². The molecule has 0 amide bonds. The zero-order valence-electron chi connectivity index (χ0n) is 13.1. The summed E-state index contributed by atoms with van der Waals surface area (Å²) in [6.45, 7) is 9.31. The van der Waals surface area contributed by atoms with Crippen LogP contribution in [0.2, 0.25) is 0 Å². The summed E-state index contributed by atoms with van der Waals surface area (Å²) in [6.07, 6.45) is 3.99. The van der Waals surface area contributed by atoms with E-state index in [-0.39, 0.29) is 5.60 Å². The Morgan fingerprint density at radius 1 is 1.50 bits per heavy atom. The Labute approximate surface area is 122 Å². The van der Waals surface area contributed by atoms with Crippen LogP contribution in [0.4, 0.5) is 0 Å². The van der Waals surface area contributed by atoms with E-state index in [1.54, 1.807) is 7.11 Å². The number of pyridine rings is 1. The van der Waals surface area contributed by atoms with E-state index in [1.165, 1.54) is 0 Å². The second-order valence-corrected chi connectivity index (χ2v) is 6.00. The fraction of sp³-hybridized carbons (Fsp3) is 0.688. The molecule has 1 aliphatic rings. The maximum atomic E-state index is 5.81. The van der Waals surface area contributed by atoms with Crippen molar-refractivity contribution >= 4 is 0 Å². The van der Waals surface area contributed by atoms with Gasteiger partial charge in [0.25, 0.3) is 0 Å². The summed E-state index contributed by atoms with van der Waals surface area (Å²) in [6, 6.07) is 4.47. The van der Waals surface area contributed by atoms with Crippen LogP contribution in [0.5, 0.6) is 5.75 Å². The van der Waals surface area contributed by atoms with Crippen LogP contribution in [0.25, 0.3) is 0 Å². The summed E-state index contributed by atoms with van der Waals surface area (Å²) in [4.78, 5) is 6.95. The van der Waals surface area contributed by atoms with E-state index in [9.17, 15) is 0 Å². The normalized spacial score (nSPS) is 21.9. The van der Waals surface area contributed by atoms with Crippen LogP contribution in [-0.4, -0.2) is 41.8 Å². The van der Waals surface area contributed by atoms with Gasteiger partial charge in [-0.1, -0.05) is 6.92 Å². The minimum absolute atomic E-state index is 0.0157. The molecule has 4 nitrogen and oxygen atoms in total. The third-order valence-electron chi connectivity index (χ3n) is 3.98. The molecule has 0 N–H and O–H groups in total. The largest absolute Gasteiger partial charge is 0.497 e. The monoisotopic (exact) mass is 278 g/mol. The first-order chi connectivity index (χ1) is 9.54. The van der Waals surface area contributed by atoms with Gasteiger partial charge in [-0.05, 0) is 39.3 Å². The van der Waals surface area contributed by atoms with E-state index in [0.29, 0.717) is 6.04 Å². The smallest absolute Gasteiger partial charge is 0.122 e. The predicted octanol–water partition coefficient (Wildman–Crippen LogP) is 2.87. The van der Waals surface area contributed by atoms with Gasteiger partial charge >= 0.3 is 0 Å². The highest BCUT2D eigenvalue weighted by Gasteiger charge is 2.31. The molecule has 0 spiro atoms. The van der Waals surface area contributed by atoms with E-state index < -0.39 is 0 Å². The predicted molar refractivity (Wildman–Crippen MR) is 79.9 cm³/mol. The lowest BCUT2D eigenvalue weighted by Crippen LogP contribution is -2.45. The Hall–Kier alpha value is -1.13. The molecule has 0 saturated carbocycles. The Morgan fingerprint density at radius 2 is 2.30 bits per heavy atom. The lowest BCUT2D eigenvalue weighted by molar-refractivity contribution is -0.0840. The van der Waals surface area contributed by atoms with Crippen LogP contribution < -0.4 is 4.74 Å². The van der Waals surface area contributed by atoms with Crippen molar-refractivity contribution in [2.75, 3.05) is 20.3 Å². The highest BCUT2D eigenvalue weighted by atomic mass is 16.5. The van der Waals surface area contributed by atoms with Gasteiger partial charge < -0.3 is 9.47 Å². The van der Waals surface area contributed by atoms with E-state index >= 15 is 0 Å². The van der Waals surface area contributed by atoms with Gasteiger partial charge in [0.2, 0.25) is 0 Å². The molecule has 2 heterocycles. The second kappa shape index (κ2) is 6.55. The maximum absolute atomic E-state index is 5.81. The molecule has 112 valence electrons. The molecule has 1 fully saturated rings. The Morgan fingerprint density at radius 3 is 2.95 bits per heavy atom. The molecule has 0 bridgehead atoms. The number of methoxy groups -OCH3 is 1. The maximum Gasteiger partial charge on any atom is 0.122 e. The third kappa shape index (κ3) is 3.93. The van der Waals surface area contributed by atoms with Crippen LogP contribution in [0.3, 0.4) is 0 Å². The van der Waals surface area contributed by atoms with Crippen LogP contribution in [0.1, 0.15) is 39.3 Å². The molecule has 1 atom stereocenters. The lowest BCUT2D eigenvalue weighted by Gasteiger charge is -2.40. The quantitative estimate of drug-likeness (QED) is 0.829. The SMILES string of the molecule is CCN(Cc1cc(OC)ccn1)C1CCOC(C)(C)C1. The van der Waals surface area contributed by atoms with Crippen LogP contribution in [0, 0.1) is 0 Å². The molecule has 1 aliphatic heterocycles. The van der Waals surface area contributed by atoms with Gasteiger partial charge in [-0.15, -0.1) is 0 Å². The first-order valence-corrected chi connectivity index (χ1v) is 7.41. The molecule has 1 aromatic rings. The highest BCUT2D eigenvalue weighted by Crippen LogP contribution is 2.28. The summed E-state index contributed by atoms with van der Waals surface area (Å²) < 4.78 is 11.1.